The predicted molar refractivity (Wildman–Crippen MR) is 98.0 cm³/mol. The quantitative estimate of drug-likeness (QED) is 0.761. The standard InChI is InChI=1S/C19H17N3O2S/c23-25(24,18-13-20-11-16(18)14-7-3-1-4-8-14)19-17(12-21-22-19)15-9-5-2-6-10-15/h1-11,13,17,20-21H,12H2/t17-/m0/s1. The number of H-pyrrole nitrogens is 1. The first-order valence-electron chi connectivity index (χ1n) is 8.00. The summed E-state index contributed by atoms with van der Waals surface area (Å²) >= 11 is 0. The van der Waals surface area contributed by atoms with E-state index >= 15 is 0 Å². The summed E-state index contributed by atoms with van der Waals surface area (Å²) in [4.78, 5) is 3.18. The van der Waals surface area contributed by atoms with E-state index < -0.39 is 9.84 Å². The lowest BCUT2D eigenvalue weighted by Crippen LogP contribution is -2.22. The minimum Gasteiger partial charge on any atom is -0.366 e. The van der Waals surface area contributed by atoms with Gasteiger partial charge in [-0.3, -0.25) is 0 Å². The highest BCUT2D eigenvalue weighted by Crippen LogP contribution is 2.32. The predicted octanol–water partition coefficient (Wildman–Crippen LogP) is 3.16. The van der Waals surface area contributed by atoms with Crippen LogP contribution in [0, 0.1) is 0 Å². The van der Waals surface area contributed by atoms with Crippen molar-refractivity contribution in [3.05, 3.63) is 78.6 Å². The molecule has 0 saturated carbocycles. The van der Waals surface area contributed by atoms with E-state index in [1.54, 1.807) is 6.20 Å². The van der Waals surface area contributed by atoms with Crippen LogP contribution in [0.25, 0.3) is 11.1 Å². The number of nitrogens with zero attached hydrogens (tertiary/aromatic N) is 1. The van der Waals surface area contributed by atoms with E-state index in [2.05, 4.69) is 15.5 Å². The molecule has 0 saturated heterocycles. The number of aromatic nitrogens is 1. The lowest BCUT2D eigenvalue weighted by molar-refractivity contribution is 0.606. The SMILES string of the molecule is O=S(=O)(C1=NNC[C@H]1c1ccccc1)c1c[nH]cc1-c1ccccc1. The minimum atomic E-state index is -3.72. The molecule has 6 heteroatoms. The summed E-state index contributed by atoms with van der Waals surface area (Å²) in [6.07, 6.45) is 3.24. The molecule has 0 unspecified atom stereocenters. The zero-order valence-corrected chi connectivity index (χ0v) is 14.2. The second kappa shape index (κ2) is 6.22. The second-order valence-electron chi connectivity index (χ2n) is 5.88. The minimum absolute atomic E-state index is 0.162. The summed E-state index contributed by atoms with van der Waals surface area (Å²) in [6, 6.07) is 19.1. The van der Waals surface area contributed by atoms with Crippen LogP contribution < -0.4 is 5.43 Å². The van der Waals surface area contributed by atoms with Crippen molar-refractivity contribution in [1.29, 1.82) is 0 Å². The molecule has 0 spiro atoms. The first kappa shape index (κ1) is 15.7. The average Bonchev–Trinajstić information content (AvgIpc) is 3.33. The van der Waals surface area contributed by atoms with E-state index in [0.29, 0.717) is 12.1 Å². The first-order valence-corrected chi connectivity index (χ1v) is 9.49. The van der Waals surface area contributed by atoms with Gasteiger partial charge in [-0.1, -0.05) is 60.7 Å². The molecule has 1 aliphatic rings. The van der Waals surface area contributed by atoms with Crippen LogP contribution in [-0.2, 0) is 9.84 Å². The lowest BCUT2D eigenvalue weighted by Gasteiger charge is -2.13. The molecule has 0 aliphatic carbocycles. The van der Waals surface area contributed by atoms with Gasteiger partial charge in [0.05, 0.1) is 10.8 Å². The third-order valence-corrected chi connectivity index (χ3v) is 6.19. The van der Waals surface area contributed by atoms with Crippen molar-refractivity contribution in [3.8, 4) is 11.1 Å². The van der Waals surface area contributed by atoms with Crippen LogP contribution in [0.5, 0.6) is 0 Å². The molecule has 0 fully saturated rings. The number of hydrazone groups is 1. The van der Waals surface area contributed by atoms with E-state index in [0.717, 1.165) is 11.1 Å². The maximum atomic E-state index is 13.3. The Morgan fingerprint density at radius 2 is 1.60 bits per heavy atom. The smallest absolute Gasteiger partial charge is 0.224 e. The Balaban J connectivity index is 1.78. The molecule has 2 N–H and O–H groups in total. The highest BCUT2D eigenvalue weighted by Gasteiger charge is 2.36. The van der Waals surface area contributed by atoms with Gasteiger partial charge in [0.1, 0.15) is 0 Å². The maximum absolute atomic E-state index is 13.3. The van der Waals surface area contributed by atoms with Crippen LogP contribution in [0.1, 0.15) is 11.5 Å². The Morgan fingerprint density at radius 1 is 0.920 bits per heavy atom. The molecule has 1 atom stereocenters. The Kier molecular flexibility index (Phi) is 3.89. The molecule has 126 valence electrons. The third-order valence-electron chi connectivity index (χ3n) is 4.34. The summed E-state index contributed by atoms with van der Waals surface area (Å²) in [5, 5.41) is 4.28. The average molecular weight is 351 g/mol. The molecular weight excluding hydrogens is 334 g/mol. The van der Waals surface area contributed by atoms with Gasteiger partial charge in [0.15, 0.2) is 5.04 Å². The van der Waals surface area contributed by atoms with E-state index in [1.165, 1.54) is 6.20 Å². The number of benzene rings is 2. The topological polar surface area (TPSA) is 74.3 Å². The maximum Gasteiger partial charge on any atom is 0.224 e. The van der Waals surface area contributed by atoms with Crippen LogP contribution in [0.3, 0.4) is 0 Å². The highest BCUT2D eigenvalue weighted by atomic mass is 32.2. The molecule has 1 aromatic heterocycles. The number of sulfone groups is 1. The van der Waals surface area contributed by atoms with Crippen molar-refractivity contribution >= 4 is 14.9 Å². The van der Waals surface area contributed by atoms with Crippen molar-refractivity contribution in [2.24, 2.45) is 5.10 Å². The molecular formula is C19H17N3O2S. The molecule has 0 bridgehead atoms. The van der Waals surface area contributed by atoms with Gasteiger partial charge >= 0.3 is 0 Å². The first-order chi connectivity index (χ1) is 12.2. The molecule has 4 rings (SSSR count). The highest BCUT2D eigenvalue weighted by molar-refractivity contribution is 8.06. The van der Waals surface area contributed by atoms with Gasteiger partial charge in [-0.15, -0.1) is 0 Å². The van der Waals surface area contributed by atoms with Gasteiger partial charge < -0.3 is 10.4 Å². The Bertz CT molecular complexity index is 1010. The zero-order chi connectivity index (χ0) is 17.3. The Labute approximate surface area is 146 Å². The Morgan fingerprint density at radius 3 is 2.32 bits per heavy atom. The van der Waals surface area contributed by atoms with Crippen LogP contribution in [0.15, 0.2) is 83.1 Å². The fourth-order valence-corrected chi connectivity index (χ4v) is 4.79. The van der Waals surface area contributed by atoms with Crippen molar-refractivity contribution in [2.75, 3.05) is 6.54 Å². The number of hydrogen-bond donors (Lipinski definition) is 2. The number of aromatic amines is 1. The van der Waals surface area contributed by atoms with E-state index in [9.17, 15) is 8.42 Å². The third kappa shape index (κ3) is 2.74. The summed E-state index contributed by atoms with van der Waals surface area (Å²) in [6.45, 7) is 0.476. The van der Waals surface area contributed by atoms with Crippen molar-refractivity contribution in [1.82, 2.24) is 10.4 Å². The van der Waals surface area contributed by atoms with Gasteiger partial charge in [-0.2, -0.15) is 5.10 Å². The second-order valence-corrected chi connectivity index (χ2v) is 7.74. The van der Waals surface area contributed by atoms with E-state index in [1.807, 2.05) is 60.7 Å². The molecule has 0 amide bonds. The summed E-state index contributed by atoms with van der Waals surface area (Å²) in [5.74, 6) is -0.287. The zero-order valence-electron chi connectivity index (χ0n) is 13.4. The van der Waals surface area contributed by atoms with Crippen LogP contribution in [-0.4, -0.2) is 25.0 Å². The largest absolute Gasteiger partial charge is 0.366 e. The summed E-state index contributed by atoms with van der Waals surface area (Å²) < 4.78 is 26.6. The Hall–Kier alpha value is -2.86. The van der Waals surface area contributed by atoms with Crippen molar-refractivity contribution in [2.45, 2.75) is 10.8 Å². The van der Waals surface area contributed by atoms with Crippen molar-refractivity contribution < 1.29 is 8.42 Å². The van der Waals surface area contributed by atoms with Crippen LogP contribution >= 0.6 is 0 Å². The number of hydrogen-bond acceptors (Lipinski definition) is 4. The molecule has 25 heavy (non-hydrogen) atoms. The monoisotopic (exact) mass is 351 g/mol. The van der Waals surface area contributed by atoms with Gasteiger partial charge in [-0.25, -0.2) is 8.42 Å². The summed E-state index contributed by atoms with van der Waals surface area (Å²) in [7, 11) is -3.72. The molecule has 1 aliphatic heterocycles. The molecule has 2 aromatic carbocycles. The fraction of sp³-hybridized carbons (Fsp3) is 0.105. The van der Waals surface area contributed by atoms with E-state index in [4.69, 9.17) is 0 Å². The normalized spacial score (nSPS) is 17.1. The fourth-order valence-electron chi connectivity index (χ4n) is 3.10. The number of nitrogens with one attached hydrogen (secondary N) is 2. The molecule has 0 radical (unpaired) electrons. The van der Waals surface area contributed by atoms with E-state index in [-0.39, 0.29) is 15.9 Å². The van der Waals surface area contributed by atoms with Crippen LogP contribution in [0.2, 0.25) is 0 Å². The van der Waals surface area contributed by atoms with Gasteiger partial charge in [0.25, 0.3) is 0 Å². The number of rotatable bonds is 3. The molecule has 5 nitrogen and oxygen atoms in total. The van der Waals surface area contributed by atoms with Crippen molar-refractivity contribution in [3.63, 3.8) is 0 Å². The van der Waals surface area contributed by atoms with Gasteiger partial charge in [0, 0.05) is 24.5 Å². The summed E-state index contributed by atoms with van der Waals surface area (Å²) in [5.41, 5.74) is 5.29. The van der Waals surface area contributed by atoms with Gasteiger partial charge in [-0.05, 0) is 11.1 Å². The molecule has 3 aromatic rings. The molecule has 2 heterocycles. The van der Waals surface area contributed by atoms with Crippen LogP contribution in [0.4, 0.5) is 0 Å². The lowest BCUT2D eigenvalue weighted by atomic mass is 10.0. The van der Waals surface area contributed by atoms with Gasteiger partial charge in [0.2, 0.25) is 9.84 Å².